The molecule has 0 radical (unpaired) electrons. The highest BCUT2D eigenvalue weighted by Gasteiger charge is 2.19. The molecule has 4 rings (SSSR count). The number of anilines is 1. The van der Waals surface area contributed by atoms with Crippen LogP contribution in [-0.2, 0) is 6.54 Å². The monoisotopic (exact) mass is 469 g/mol. The molecule has 0 saturated carbocycles. The summed E-state index contributed by atoms with van der Waals surface area (Å²) in [5, 5.41) is 20.6. The van der Waals surface area contributed by atoms with Gasteiger partial charge in [0.25, 0.3) is 5.91 Å². The summed E-state index contributed by atoms with van der Waals surface area (Å²) in [4.78, 5) is 13.3. The number of aromatic nitrogens is 2. The van der Waals surface area contributed by atoms with Gasteiger partial charge in [0, 0.05) is 18.3 Å². The Labute approximate surface area is 205 Å². The number of rotatable bonds is 9. The van der Waals surface area contributed by atoms with Crippen LogP contribution in [0.2, 0.25) is 0 Å². The Morgan fingerprint density at radius 2 is 1.74 bits per heavy atom. The third kappa shape index (κ3) is 5.84. The highest BCUT2D eigenvalue weighted by Crippen LogP contribution is 2.25. The molecule has 0 saturated heterocycles. The van der Waals surface area contributed by atoms with Crippen molar-refractivity contribution in [2.45, 2.75) is 32.5 Å². The number of aliphatic hydroxyl groups is 1. The van der Waals surface area contributed by atoms with E-state index in [4.69, 9.17) is 5.73 Å². The van der Waals surface area contributed by atoms with Gasteiger partial charge in [-0.2, -0.15) is 5.10 Å². The molecule has 3 aromatic carbocycles. The van der Waals surface area contributed by atoms with Crippen molar-refractivity contribution in [1.82, 2.24) is 15.1 Å². The number of nitrogens with one attached hydrogen (secondary N) is 2. The lowest BCUT2D eigenvalue weighted by Crippen LogP contribution is -2.33. The van der Waals surface area contributed by atoms with Crippen molar-refractivity contribution in [1.29, 1.82) is 0 Å². The number of aliphatic hydroxyl groups excluding tert-OH is 1. The molecule has 0 aliphatic carbocycles. The molecule has 1 amide bonds. The van der Waals surface area contributed by atoms with Gasteiger partial charge in [0.2, 0.25) is 0 Å². The van der Waals surface area contributed by atoms with Crippen LogP contribution in [0.15, 0.2) is 84.9 Å². The predicted octanol–water partition coefficient (Wildman–Crippen LogP) is 3.95. The van der Waals surface area contributed by atoms with Crippen molar-refractivity contribution in [2.24, 2.45) is 5.73 Å². The van der Waals surface area contributed by atoms with Gasteiger partial charge in [0.05, 0.1) is 24.0 Å². The fourth-order valence-corrected chi connectivity index (χ4v) is 4.03. The predicted molar refractivity (Wildman–Crippen MR) is 139 cm³/mol. The SMILES string of the molecule is Cc1cc(C(=O)Nc2cccc(C(NC(C)CO)c3ccccc3)c2)n(-c2cccc(CN)c2)n1. The van der Waals surface area contributed by atoms with Crippen LogP contribution in [0.3, 0.4) is 0 Å². The van der Waals surface area contributed by atoms with Crippen LogP contribution in [-0.4, -0.2) is 33.4 Å². The average Bonchev–Trinajstić information content (AvgIpc) is 3.29. The summed E-state index contributed by atoms with van der Waals surface area (Å²) < 4.78 is 1.64. The van der Waals surface area contributed by atoms with Crippen LogP contribution >= 0.6 is 0 Å². The summed E-state index contributed by atoms with van der Waals surface area (Å²) in [5.41, 5.74) is 11.5. The fourth-order valence-electron chi connectivity index (χ4n) is 4.03. The van der Waals surface area contributed by atoms with Crippen LogP contribution in [0.4, 0.5) is 5.69 Å². The Balaban J connectivity index is 1.62. The summed E-state index contributed by atoms with van der Waals surface area (Å²) >= 11 is 0. The zero-order valence-corrected chi connectivity index (χ0v) is 20.0. The molecule has 4 aromatic rings. The number of nitrogens with zero attached hydrogens (tertiary/aromatic N) is 2. The van der Waals surface area contributed by atoms with Crippen molar-refractivity contribution in [2.75, 3.05) is 11.9 Å². The molecule has 0 spiro atoms. The first-order chi connectivity index (χ1) is 17.0. The Morgan fingerprint density at radius 3 is 2.49 bits per heavy atom. The topological polar surface area (TPSA) is 105 Å². The average molecular weight is 470 g/mol. The van der Waals surface area contributed by atoms with E-state index in [2.05, 4.69) is 15.7 Å². The van der Waals surface area contributed by atoms with Crippen molar-refractivity contribution >= 4 is 11.6 Å². The summed E-state index contributed by atoms with van der Waals surface area (Å²) in [6.07, 6.45) is 0. The van der Waals surface area contributed by atoms with Crippen LogP contribution in [0, 0.1) is 6.92 Å². The normalized spacial score (nSPS) is 12.8. The van der Waals surface area contributed by atoms with Crippen LogP contribution in [0.25, 0.3) is 5.69 Å². The van der Waals surface area contributed by atoms with E-state index in [-0.39, 0.29) is 24.6 Å². The molecule has 35 heavy (non-hydrogen) atoms. The zero-order valence-electron chi connectivity index (χ0n) is 20.0. The molecule has 2 atom stereocenters. The number of hydrogen-bond donors (Lipinski definition) is 4. The van der Waals surface area contributed by atoms with Crippen molar-refractivity contribution < 1.29 is 9.90 Å². The molecule has 180 valence electrons. The Kier molecular flexibility index (Phi) is 7.72. The Bertz CT molecular complexity index is 1290. The van der Waals surface area contributed by atoms with E-state index >= 15 is 0 Å². The molecule has 2 unspecified atom stereocenters. The maximum atomic E-state index is 13.3. The van der Waals surface area contributed by atoms with Gasteiger partial charge >= 0.3 is 0 Å². The third-order valence-electron chi connectivity index (χ3n) is 5.79. The summed E-state index contributed by atoms with van der Waals surface area (Å²) in [5.74, 6) is -0.256. The summed E-state index contributed by atoms with van der Waals surface area (Å²) in [6, 6.07) is 27.0. The molecule has 0 aliphatic rings. The van der Waals surface area contributed by atoms with Gasteiger partial charge in [0.15, 0.2) is 0 Å². The number of carbonyl (C=O) groups excluding carboxylic acids is 1. The highest BCUT2D eigenvalue weighted by molar-refractivity contribution is 6.03. The first-order valence-electron chi connectivity index (χ1n) is 11.7. The van der Waals surface area contributed by atoms with E-state index in [1.54, 1.807) is 10.7 Å². The smallest absolute Gasteiger partial charge is 0.274 e. The minimum Gasteiger partial charge on any atom is -0.395 e. The van der Waals surface area contributed by atoms with Crippen molar-refractivity contribution in [3.05, 3.63) is 113 Å². The van der Waals surface area contributed by atoms with E-state index in [1.807, 2.05) is 92.7 Å². The molecule has 1 aromatic heterocycles. The molecular formula is C28H31N5O2. The lowest BCUT2D eigenvalue weighted by molar-refractivity contribution is 0.101. The van der Waals surface area contributed by atoms with Crippen LogP contribution in [0.5, 0.6) is 0 Å². The summed E-state index contributed by atoms with van der Waals surface area (Å²) in [6.45, 7) is 4.23. The number of carbonyl (C=O) groups is 1. The van der Waals surface area contributed by atoms with Crippen molar-refractivity contribution in [3.63, 3.8) is 0 Å². The largest absolute Gasteiger partial charge is 0.395 e. The van der Waals surface area contributed by atoms with E-state index in [9.17, 15) is 9.90 Å². The molecule has 7 nitrogen and oxygen atoms in total. The van der Waals surface area contributed by atoms with Crippen molar-refractivity contribution in [3.8, 4) is 5.69 Å². The maximum absolute atomic E-state index is 13.3. The minimum atomic E-state index is -0.256. The standard InChI is InChI=1S/C28H31N5O2/c1-19-14-26(33(32-19)25-13-6-8-21(15-25)17-29)28(35)31-24-12-7-11-23(16-24)27(30-20(2)18-34)22-9-4-3-5-10-22/h3-16,20,27,30,34H,17-18,29H2,1-2H3,(H,31,35). The van der Waals surface area contributed by atoms with Gasteiger partial charge < -0.3 is 21.5 Å². The van der Waals surface area contributed by atoms with Gasteiger partial charge in [-0.3, -0.25) is 4.79 Å². The van der Waals surface area contributed by atoms with E-state index < -0.39 is 0 Å². The second kappa shape index (κ2) is 11.1. The van der Waals surface area contributed by atoms with Crippen LogP contribution < -0.4 is 16.4 Å². The first-order valence-corrected chi connectivity index (χ1v) is 11.7. The molecule has 0 bridgehead atoms. The van der Waals surface area contributed by atoms with Gasteiger partial charge in [-0.15, -0.1) is 0 Å². The fraction of sp³-hybridized carbons (Fsp3) is 0.214. The zero-order chi connectivity index (χ0) is 24.8. The van der Waals surface area contributed by atoms with E-state index in [1.165, 1.54) is 0 Å². The Hall–Kier alpha value is -3.78. The number of aryl methyl sites for hydroxylation is 1. The van der Waals surface area contributed by atoms with Gasteiger partial charge in [-0.05, 0) is 60.9 Å². The Morgan fingerprint density at radius 1 is 1.00 bits per heavy atom. The second-order valence-corrected chi connectivity index (χ2v) is 8.63. The quantitative estimate of drug-likeness (QED) is 0.297. The van der Waals surface area contributed by atoms with Gasteiger partial charge in [-0.25, -0.2) is 4.68 Å². The molecule has 7 heteroatoms. The second-order valence-electron chi connectivity index (χ2n) is 8.63. The number of nitrogens with two attached hydrogens (primary N) is 1. The minimum absolute atomic E-state index is 0.0223. The van der Waals surface area contributed by atoms with E-state index in [0.29, 0.717) is 17.9 Å². The van der Waals surface area contributed by atoms with Gasteiger partial charge in [-0.1, -0.05) is 54.6 Å². The number of hydrogen-bond acceptors (Lipinski definition) is 5. The lowest BCUT2D eigenvalue weighted by Gasteiger charge is -2.24. The summed E-state index contributed by atoms with van der Waals surface area (Å²) in [7, 11) is 0. The lowest BCUT2D eigenvalue weighted by atomic mass is 9.97. The number of amides is 1. The molecule has 0 fully saturated rings. The van der Waals surface area contributed by atoms with Crippen LogP contribution in [0.1, 0.15) is 45.8 Å². The van der Waals surface area contributed by atoms with Gasteiger partial charge in [0.1, 0.15) is 5.69 Å². The first kappa shape index (κ1) is 24.3. The molecule has 5 N–H and O–H groups in total. The van der Waals surface area contributed by atoms with E-state index in [0.717, 1.165) is 28.1 Å². The molecular weight excluding hydrogens is 438 g/mol. The highest BCUT2D eigenvalue weighted by atomic mass is 16.3. The maximum Gasteiger partial charge on any atom is 0.274 e. The molecule has 0 aliphatic heterocycles. The number of benzene rings is 3. The third-order valence-corrected chi connectivity index (χ3v) is 5.79. The molecule has 1 heterocycles.